The number of H-pyrrole nitrogens is 1. The van der Waals surface area contributed by atoms with Gasteiger partial charge in [0.25, 0.3) is 5.91 Å². The highest BCUT2D eigenvalue weighted by molar-refractivity contribution is 5.94. The highest BCUT2D eigenvalue weighted by Gasteiger charge is 2.17. The van der Waals surface area contributed by atoms with Crippen molar-refractivity contribution in [2.75, 3.05) is 20.3 Å². The number of fused-ring (bicyclic) bond motifs is 1. The average Bonchev–Trinajstić information content (AvgIpc) is 2.89. The number of hydrogen-bond donors (Lipinski definition) is 1. The number of carbonyl (C=O) groups is 1. The maximum Gasteiger partial charge on any atom is 0.254 e. The Morgan fingerprint density at radius 1 is 1.33 bits per heavy atom. The molecule has 2 aromatic rings. The smallest absolute Gasteiger partial charge is 0.254 e. The van der Waals surface area contributed by atoms with Crippen LogP contribution in [0.25, 0.3) is 0 Å². The third-order valence-corrected chi connectivity index (χ3v) is 3.32. The van der Waals surface area contributed by atoms with Gasteiger partial charge in [-0.3, -0.25) is 9.89 Å². The fourth-order valence-corrected chi connectivity index (χ4v) is 2.23. The number of aromatic amines is 1. The van der Waals surface area contributed by atoms with E-state index in [0.717, 1.165) is 12.0 Å². The highest BCUT2D eigenvalue weighted by atomic mass is 16.5. The molecule has 0 bridgehead atoms. The maximum absolute atomic E-state index is 12.4. The van der Waals surface area contributed by atoms with Gasteiger partial charge in [0, 0.05) is 37.3 Å². The molecule has 3 rings (SSSR count). The van der Waals surface area contributed by atoms with Crippen molar-refractivity contribution in [1.29, 1.82) is 0 Å². The van der Waals surface area contributed by atoms with Crippen LogP contribution in [0.4, 0.5) is 0 Å². The van der Waals surface area contributed by atoms with E-state index in [1.807, 2.05) is 0 Å². The first-order chi connectivity index (χ1) is 10.2. The van der Waals surface area contributed by atoms with E-state index in [4.69, 9.17) is 9.47 Å². The Bertz CT molecular complexity index is 625. The number of amides is 1. The average molecular weight is 287 g/mol. The summed E-state index contributed by atoms with van der Waals surface area (Å²) in [6, 6.07) is 5.30. The Labute approximate surface area is 122 Å². The van der Waals surface area contributed by atoms with Gasteiger partial charge in [-0.25, -0.2) is 0 Å². The minimum absolute atomic E-state index is 0.0631. The van der Waals surface area contributed by atoms with Crippen molar-refractivity contribution in [3.63, 3.8) is 0 Å². The van der Waals surface area contributed by atoms with E-state index in [-0.39, 0.29) is 5.91 Å². The second kappa shape index (κ2) is 5.87. The van der Waals surface area contributed by atoms with Gasteiger partial charge in [0.15, 0.2) is 11.5 Å². The quantitative estimate of drug-likeness (QED) is 0.935. The maximum atomic E-state index is 12.4. The zero-order valence-electron chi connectivity index (χ0n) is 11.8. The highest BCUT2D eigenvalue weighted by Crippen LogP contribution is 2.30. The van der Waals surface area contributed by atoms with Crippen molar-refractivity contribution >= 4 is 5.91 Å². The van der Waals surface area contributed by atoms with Crippen LogP contribution in [0.3, 0.4) is 0 Å². The van der Waals surface area contributed by atoms with Crippen molar-refractivity contribution in [3.8, 4) is 11.5 Å². The van der Waals surface area contributed by atoms with Crippen molar-refractivity contribution < 1.29 is 14.3 Å². The van der Waals surface area contributed by atoms with Gasteiger partial charge in [0.05, 0.1) is 19.4 Å². The molecule has 1 aromatic carbocycles. The topological polar surface area (TPSA) is 67.5 Å². The Morgan fingerprint density at radius 2 is 2.14 bits per heavy atom. The van der Waals surface area contributed by atoms with Crippen molar-refractivity contribution in [1.82, 2.24) is 15.1 Å². The molecule has 21 heavy (non-hydrogen) atoms. The SMILES string of the molecule is CN(Cc1cn[nH]c1)C(=O)c1ccc2c(c1)OCCCO2. The van der Waals surface area contributed by atoms with Gasteiger partial charge in [-0.2, -0.15) is 5.10 Å². The van der Waals surface area contributed by atoms with Crippen molar-refractivity contribution in [2.24, 2.45) is 0 Å². The molecule has 2 heterocycles. The normalized spacial score (nSPS) is 13.6. The molecule has 1 amide bonds. The number of benzene rings is 1. The molecule has 0 fully saturated rings. The van der Waals surface area contributed by atoms with Gasteiger partial charge in [-0.1, -0.05) is 0 Å². The minimum Gasteiger partial charge on any atom is -0.490 e. The van der Waals surface area contributed by atoms with Gasteiger partial charge in [0.2, 0.25) is 0 Å². The first-order valence-electron chi connectivity index (χ1n) is 6.87. The summed E-state index contributed by atoms with van der Waals surface area (Å²) in [5, 5.41) is 6.61. The first-order valence-corrected chi connectivity index (χ1v) is 6.87. The zero-order valence-corrected chi connectivity index (χ0v) is 11.8. The predicted molar refractivity (Wildman–Crippen MR) is 76.4 cm³/mol. The van der Waals surface area contributed by atoms with E-state index in [1.165, 1.54) is 0 Å². The molecular formula is C15H17N3O3. The standard InChI is InChI=1S/C15H17N3O3/c1-18(10-11-8-16-17-9-11)15(19)12-3-4-13-14(7-12)21-6-2-5-20-13/h3-4,7-9H,2,5-6,10H2,1H3,(H,16,17). The fraction of sp³-hybridized carbons (Fsp3) is 0.333. The molecule has 1 aromatic heterocycles. The molecule has 0 saturated carbocycles. The second-order valence-corrected chi connectivity index (χ2v) is 4.98. The summed E-state index contributed by atoms with van der Waals surface area (Å²) >= 11 is 0. The van der Waals surface area contributed by atoms with Gasteiger partial charge in [0.1, 0.15) is 0 Å². The van der Waals surface area contributed by atoms with Crippen LogP contribution in [0, 0.1) is 0 Å². The molecular weight excluding hydrogens is 270 g/mol. The molecule has 0 spiro atoms. The molecule has 1 aliphatic rings. The summed E-state index contributed by atoms with van der Waals surface area (Å²) in [6.07, 6.45) is 4.33. The Hall–Kier alpha value is -2.50. The number of aromatic nitrogens is 2. The van der Waals surface area contributed by atoms with Crippen LogP contribution in [-0.2, 0) is 6.54 Å². The number of rotatable bonds is 3. The summed E-state index contributed by atoms with van der Waals surface area (Å²) in [4.78, 5) is 14.1. The van der Waals surface area contributed by atoms with Crippen LogP contribution < -0.4 is 9.47 Å². The molecule has 0 saturated heterocycles. The molecule has 1 aliphatic heterocycles. The van der Waals surface area contributed by atoms with E-state index in [9.17, 15) is 4.79 Å². The van der Waals surface area contributed by atoms with Gasteiger partial charge >= 0.3 is 0 Å². The van der Waals surface area contributed by atoms with E-state index in [0.29, 0.717) is 36.8 Å². The van der Waals surface area contributed by atoms with E-state index in [1.54, 1.807) is 42.5 Å². The molecule has 0 radical (unpaired) electrons. The lowest BCUT2D eigenvalue weighted by Gasteiger charge is -2.17. The van der Waals surface area contributed by atoms with Crippen LogP contribution >= 0.6 is 0 Å². The first kappa shape index (κ1) is 13.5. The summed E-state index contributed by atoms with van der Waals surface area (Å²) < 4.78 is 11.2. The number of ether oxygens (including phenoxy) is 2. The predicted octanol–water partition coefficient (Wildman–Crippen LogP) is 1.84. The molecule has 6 heteroatoms. The molecule has 0 aliphatic carbocycles. The third kappa shape index (κ3) is 2.99. The Kier molecular flexibility index (Phi) is 3.77. The lowest BCUT2D eigenvalue weighted by molar-refractivity contribution is 0.0784. The number of hydrogen-bond acceptors (Lipinski definition) is 4. The second-order valence-electron chi connectivity index (χ2n) is 4.98. The molecule has 0 atom stereocenters. The van der Waals surface area contributed by atoms with Crippen LogP contribution in [0.1, 0.15) is 22.3 Å². The summed E-state index contributed by atoms with van der Waals surface area (Å²) in [6.45, 7) is 1.75. The molecule has 0 unspecified atom stereocenters. The van der Waals surface area contributed by atoms with Gasteiger partial charge in [-0.15, -0.1) is 0 Å². The van der Waals surface area contributed by atoms with E-state index in [2.05, 4.69) is 10.2 Å². The number of nitrogens with one attached hydrogen (secondary N) is 1. The lowest BCUT2D eigenvalue weighted by atomic mass is 10.1. The van der Waals surface area contributed by atoms with Crippen LogP contribution in [0.15, 0.2) is 30.6 Å². The molecule has 110 valence electrons. The van der Waals surface area contributed by atoms with Crippen LogP contribution in [0.2, 0.25) is 0 Å². The largest absolute Gasteiger partial charge is 0.490 e. The molecule has 1 N–H and O–H groups in total. The van der Waals surface area contributed by atoms with Crippen LogP contribution in [-0.4, -0.2) is 41.3 Å². The summed E-state index contributed by atoms with van der Waals surface area (Å²) in [5.74, 6) is 1.27. The lowest BCUT2D eigenvalue weighted by Crippen LogP contribution is -2.26. The van der Waals surface area contributed by atoms with E-state index >= 15 is 0 Å². The zero-order chi connectivity index (χ0) is 14.7. The monoisotopic (exact) mass is 287 g/mol. The number of carbonyl (C=O) groups excluding carboxylic acids is 1. The third-order valence-electron chi connectivity index (χ3n) is 3.32. The van der Waals surface area contributed by atoms with Gasteiger partial charge < -0.3 is 14.4 Å². The summed E-state index contributed by atoms with van der Waals surface area (Å²) in [5.41, 5.74) is 1.55. The van der Waals surface area contributed by atoms with Crippen molar-refractivity contribution in [2.45, 2.75) is 13.0 Å². The Balaban J connectivity index is 1.76. The van der Waals surface area contributed by atoms with E-state index < -0.39 is 0 Å². The minimum atomic E-state index is -0.0631. The van der Waals surface area contributed by atoms with Crippen LogP contribution in [0.5, 0.6) is 11.5 Å². The molecule has 6 nitrogen and oxygen atoms in total. The van der Waals surface area contributed by atoms with Gasteiger partial charge in [-0.05, 0) is 18.2 Å². The number of nitrogens with zero attached hydrogens (tertiary/aromatic N) is 2. The Morgan fingerprint density at radius 3 is 2.90 bits per heavy atom. The fourth-order valence-electron chi connectivity index (χ4n) is 2.23. The summed E-state index contributed by atoms with van der Waals surface area (Å²) in [7, 11) is 1.76. The van der Waals surface area contributed by atoms with Crippen molar-refractivity contribution in [3.05, 3.63) is 41.7 Å².